The molecule has 378 valence electrons. The highest BCUT2D eigenvalue weighted by atomic mass is 31.2. The second-order valence-electron chi connectivity index (χ2n) is 17.0. The van der Waals surface area contributed by atoms with Crippen molar-refractivity contribution < 1.29 is 32.8 Å². The molecule has 0 heterocycles. The second-order valence-corrected chi connectivity index (χ2v) is 18.4. The van der Waals surface area contributed by atoms with Gasteiger partial charge in [0.05, 0.1) is 19.8 Å². The molecule has 0 aromatic rings. The van der Waals surface area contributed by atoms with Gasteiger partial charge in [-0.15, -0.1) is 0 Å². The Hall–Kier alpha value is -2.84. The number of esters is 1. The highest BCUT2D eigenvalue weighted by Gasteiger charge is 2.25. The summed E-state index contributed by atoms with van der Waals surface area (Å²) in [6, 6.07) is 0. The minimum Gasteiger partial charge on any atom is -0.457 e. The highest BCUT2D eigenvalue weighted by Crippen LogP contribution is 2.43. The molecule has 0 aliphatic carbocycles. The molecule has 0 rings (SSSR count). The Morgan fingerprint density at radius 2 is 0.803 bits per heavy atom. The smallest absolute Gasteiger partial charge is 0.457 e. The maximum atomic E-state index is 12.7. The number of phosphoric acid groups is 1. The Labute approximate surface area is 405 Å². The van der Waals surface area contributed by atoms with Crippen LogP contribution in [0, 0.1) is 0 Å². The quantitative estimate of drug-likeness (QED) is 0.0268. The first kappa shape index (κ1) is 63.2. The maximum absolute atomic E-state index is 12.7. The number of carbonyl (C=O) groups is 1. The van der Waals surface area contributed by atoms with Crippen molar-refractivity contribution in [1.82, 2.24) is 0 Å². The van der Waals surface area contributed by atoms with Gasteiger partial charge in [0.15, 0.2) is 0 Å². The molecule has 8 nitrogen and oxygen atoms in total. The van der Waals surface area contributed by atoms with Gasteiger partial charge in [-0.2, -0.15) is 0 Å². The average Bonchev–Trinajstić information content (AvgIpc) is 3.31. The van der Waals surface area contributed by atoms with Crippen molar-refractivity contribution in [3.63, 3.8) is 0 Å². The van der Waals surface area contributed by atoms with E-state index in [-0.39, 0.29) is 32.3 Å². The summed E-state index contributed by atoms with van der Waals surface area (Å²) in [6.07, 6.45) is 72.7. The van der Waals surface area contributed by atoms with Gasteiger partial charge in [0.1, 0.15) is 6.10 Å². The van der Waals surface area contributed by atoms with Crippen LogP contribution < -0.4 is 5.73 Å². The Bertz CT molecular complexity index is 1380. The average molecular weight is 940 g/mol. The number of carbonyl (C=O) groups excluding carboxylic acids is 1. The summed E-state index contributed by atoms with van der Waals surface area (Å²) < 4.78 is 33.6. The van der Waals surface area contributed by atoms with Gasteiger partial charge >= 0.3 is 13.8 Å². The normalized spacial score (nSPS) is 14.2. The van der Waals surface area contributed by atoms with Crippen LogP contribution in [0.25, 0.3) is 0 Å². The number of ether oxygens (including phenoxy) is 2. The minimum absolute atomic E-state index is 0.0911. The third kappa shape index (κ3) is 52.1. The number of hydrogen-bond acceptors (Lipinski definition) is 7. The van der Waals surface area contributed by atoms with E-state index in [2.05, 4.69) is 123 Å². The summed E-state index contributed by atoms with van der Waals surface area (Å²) in [5.41, 5.74) is 5.39. The summed E-state index contributed by atoms with van der Waals surface area (Å²) in [5.74, 6) is -0.352. The Kier molecular flexibility index (Phi) is 50.8. The number of phosphoric ester groups is 1. The molecule has 0 aliphatic heterocycles. The lowest BCUT2D eigenvalue weighted by Gasteiger charge is -2.20. The fourth-order valence-electron chi connectivity index (χ4n) is 6.90. The number of nitrogens with two attached hydrogens (primary N) is 1. The van der Waals surface area contributed by atoms with Crippen molar-refractivity contribution in [2.45, 2.75) is 213 Å². The fraction of sp³-hybridized carbons (Fsp3) is 0.667. The van der Waals surface area contributed by atoms with Gasteiger partial charge in [0.2, 0.25) is 0 Å². The van der Waals surface area contributed by atoms with Crippen molar-refractivity contribution in [3.8, 4) is 0 Å². The first-order valence-electron chi connectivity index (χ1n) is 26.4. The van der Waals surface area contributed by atoms with Crippen LogP contribution in [0.5, 0.6) is 0 Å². The molecule has 3 N–H and O–H groups in total. The first-order valence-corrected chi connectivity index (χ1v) is 27.9. The zero-order chi connectivity index (χ0) is 48.0. The number of rotatable bonds is 49. The zero-order valence-electron chi connectivity index (χ0n) is 42.1. The van der Waals surface area contributed by atoms with Crippen molar-refractivity contribution in [1.29, 1.82) is 0 Å². The zero-order valence-corrected chi connectivity index (χ0v) is 43.0. The highest BCUT2D eigenvalue weighted by molar-refractivity contribution is 7.47. The van der Waals surface area contributed by atoms with Gasteiger partial charge < -0.3 is 20.1 Å². The molecule has 0 radical (unpaired) electrons. The van der Waals surface area contributed by atoms with E-state index < -0.39 is 13.9 Å². The lowest BCUT2D eigenvalue weighted by molar-refractivity contribution is -0.154. The van der Waals surface area contributed by atoms with Crippen molar-refractivity contribution >= 4 is 13.8 Å². The molecule has 0 amide bonds. The molecule has 2 unspecified atom stereocenters. The molecule has 0 saturated heterocycles. The molecular weight excluding hydrogens is 842 g/mol. The van der Waals surface area contributed by atoms with Gasteiger partial charge in [-0.25, -0.2) is 4.57 Å². The van der Waals surface area contributed by atoms with Gasteiger partial charge in [-0.05, 0) is 96.3 Å². The Morgan fingerprint density at radius 1 is 0.455 bits per heavy atom. The number of allylic oxidation sites excluding steroid dienone is 18. The lowest BCUT2D eigenvalue weighted by atomic mass is 10.0. The molecule has 0 aliphatic rings. The number of hydrogen-bond donors (Lipinski definition) is 2. The standard InChI is InChI=1S/C57H98NO7P/c1-3-5-7-9-11-13-15-17-19-21-23-25-26-27-28-29-31-33-35-37-39-41-43-45-47-49-52-62-54-56(55-64-66(60,61)63-53-51-58)65-57(59)50-48-46-44-42-40-38-36-34-32-30-24-22-20-18-16-14-12-10-8-6-4-2/h5-8,11-14,17-20,23-25,30,34,36,56H,3-4,9-10,15-16,21-22,26-29,31-33,35,37-55,58H2,1-2H3,(H,60,61)/b7-5-,8-6-,13-11-,14-12-,19-17-,20-18-,25-23-,30-24-,36-34-. The van der Waals surface area contributed by atoms with Crippen LogP contribution >= 0.6 is 7.82 Å². The summed E-state index contributed by atoms with van der Waals surface area (Å²) in [6.45, 7) is 4.66. The molecule has 0 saturated carbocycles. The Balaban J connectivity index is 3.98. The van der Waals surface area contributed by atoms with E-state index in [1.165, 1.54) is 77.0 Å². The van der Waals surface area contributed by atoms with Crippen LogP contribution in [-0.2, 0) is 27.9 Å². The third-order valence-electron chi connectivity index (χ3n) is 10.7. The predicted octanol–water partition coefficient (Wildman–Crippen LogP) is 16.8. The van der Waals surface area contributed by atoms with Crippen LogP contribution in [0.1, 0.15) is 206 Å². The largest absolute Gasteiger partial charge is 0.472 e. The minimum atomic E-state index is -4.30. The van der Waals surface area contributed by atoms with Crippen molar-refractivity contribution in [2.75, 3.05) is 33.0 Å². The second kappa shape index (κ2) is 53.1. The summed E-state index contributed by atoms with van der Waals surface area (Å²) >= 11 is 0. The third-order valence-corrected chi connectivity index (χ3v) is 11.7. The Morgan fingerprint density at radius 3 is 1.20 bits per heavy atom. The topological polar surface area (TPSA) is 117 Å². The van der Waals surface area contributed by atoms with E-state index in [9.17, 15) is 14.3 Å². The molecule has 66 heavy (non-hydrogen) atoms. The van der Waals surface area contributed by atoms with E-state index in [1.54, 1.807) is 0 Å². The van der Waals surface area contributed by atoms with Gasteiger partial charge in [0, 0.05) is 19.6 Å². The van der Waals surface area contributed by atoms with Gasteiger partial charge in [0.25, 0.3) is 0 Å². The molecule has 0 bridgehead atoms. The predicted molar refractivity (Wildman–Crippen MR) is 284 cm³/mol. The summed E-state index contributed by atoms with van der Waals surface area (Å²) in [4.78, 5) is 22.6. The van der Waals surface area contributed by atoms with E-state index in [1.807, 2.05) is 0 Å². The van der Waals surface area contributed by atoms with E-state index in [4.69, 9.17) is 24.3 Å². The van der Waals surface area contributed by atoms with Gasteiger partial charge in [-0.3, -0.25) is 13.8 Å². The van der Waals surface area contributed by atoms with Crippen LogP contribution in [0.3, 0.4) is 0 Å². The monoisotopic (exact) mass is 940 g/mol. The van der Waals surface area contributed by atoms with Crippen LogP contribution in [0.4, 0.5) is 0 Å². The van der Waals surface area contributed by atoms with E-state index in [0.29, 0.717) is 13.0 Å². The first-order chi connectivity index (χ1) is 32.4. The number of unbranched alkanes of at least 4 members (excludes halogenated alkanes) is 18. The molecule has 0 fully saturated rings. The maximum Gasteiger partial charge on any atom is 0.472 e. The van der Waals surface area contributed by atoms with Crippen LogP contribution in [0.15, 0.2) is 109 Å². The fourth-order valence-corrected chi connectivity index (χ4v) is 7.66. The van der Waals surface area contributed by atoms with E-state index in [0.717, 1.165) is 109 Å². The molecule has 0 aromatic heterocycles. The van der Waals surface area contributed by atoms with E-state index >= 15 is 0 Å². The molecule has 0 aromatic carbocycles. The van der Waals surface area contributed by atoms with Crippen molar-refractivity contribution in [2.24, 2.45) is 5.73 Å². The van der Waals surface area contributed by atoms with Gasteiger partial charge in [-0.1, -0.05) is 213 Å². The molecule has 9 heteroatoms. The molecule has 0 spiro atoms. The summed E-state index contributed by atoms with van der Waals surface area (Å²) in [7, 11) is -4.30. The van der Waals surface area contributed by atoms with Crippen LogP contribution in [0.2, 0.25) is 0 Å². The van der Waals surface area contributed by atoms with Crippen LogP contribution in [-0.4, -0.2) is 49.9 Å². The molecule has 2 atom stereocenters. The molecular formula is C57H98NO7P. The summed E-state index contributed by atoms with van der Waals surface area (Å²) in [5, 5.41) is 0. The van der Waals surface area contributed by atoms with Crippen molar-refractivity contribution in [3.05, 3.63) is 109 Å². The lowest BCUT2D eigenvalue weighted by Crippen LogP contribution is -2.28. The SMILES string of the molecule is CC/C=C\C/C=C\C/C=C\C/C=C\C/C=C\CCCCCCCC(=O)OC(COCCCCCCCCCCCCCCC/C=C\C/C=C\C/C=C\C/C=C\CC)COP(=O)(O)OCCN.